The maximum atomic E-state index is 12.9. The van der Waals surface area contributed by atoms with Crippen LogP contribution in [-0.2, 0) is 0 Å². The summed E-state index contributed by atoms with van der Waals surface area (Å²) in [5.41, 5.74) is 0.632. The van der Waals surface area contributed by atoms with Gasteiger partial charge in [0.15, 0.2) is 0 Å². The van der Waals surface area contributed by atoms with E-state index in [1.165, 1.54) is 0 Å². The van der Waals surface area contributed by atoms with E-state index in [2.05, 4.69) is 11.6 Å². The van der Waals surface area contributed by atoms with Crippen LogP contribution in [0.5, 0.6) is 0 Å². The normalized spacial score (nSPS) is 13.2. The number of nitrogens with zero attached hydrogens (tertiary/aromatic N) is 2. The Morgan fingerprint density at radius 2 is 1.86 bits per heavy atom. The van der Waals surface area contributed by atoms with Crippen molar-refractivity contribution >= 4 is 39.8 Å². The summed E-state index contributed by atoms with van der Waals surface area (Å²) < 4.78 is 1.67. The molecule has 0 N–H and O–H groups in total. The highest BCUT2D eigenvalue weighted by atomic mass is 16.1. The summed E-state index contributed by atoms with van der Waals surface area (Å²) in [6.07, 6.45) is 5.69. The van der Waals surface area contributed by atoms with E-state index in [4.69, 9.17) is 0 Å². The maximum Gasteiger partial charge on any atom is 0.264 e. The number of hydrogen-bond acceptors (Lipinski definition) is 2. The SMILES string of the molecule is C=c1nc2c3cccc4cccc(c(=O)n2/c1=C/C=C\C)c43. The number of rotatable bonds is 1. The zero-order valence-corrected chi connectivity index (χ0v) is 12.2. The van der Waals surface area contributed by atoms with E-state index in [1.807, 2.05) is 61.5 Å². The minimum atomic E-state index is -0.0440. The van der Waals surface area contributed by atoms with Crippen molar-refractivity contribution in [3.05, 3.63) is 69.6 Å². The van der Waals surface area contributed by atoms with Gasteiger partial charge < -0.3 is 0 Å². The number of benzene rings is 2. The molecule has 2 aromatic heterocycles. The number of hydrogen-bond donors (Lipinski definition) is 0. The molecule has 0 amide bonds. The van der Waals surface area contributed by atoms with Gasteiger partial charge in [0.25, 0.3) is 5.56 Å². The Balaban J connectivity index is 2.43. The van der Waals surface area contributed by atoms with Crippen LogP contribution in [0.2, 0.25) is 0 Å². The molecule has 2 aromatic carbocycles. The smallest absolute Gasteiger partial charge is 0.264 e. The number of allylic oxidation sites excluding steroid dienone is 2. The van der Waals surface area contributed by atoms with E-state index in [-0.39, 0.29) is 5.56 Å². The Labute approximate surface area is 126 Å². The second-order valence-corrected chi connectivity index (χ2v) is 5.31. The van der Waals surface area contributed by atoms with Crippen LogP contribution < -0.4 is 16.3 Å². The first kappa shape index (κ1) is 12.8. The summed E-state index contributed by atoms with van der Waals surface area (Å²) in [5, 5.41) is 5.09. The van der Waals surface area contributed by atoms with Crippen LogP contribution in [-0.4, -0.2) is 9.38 Å². The average molecular weight is 286 g/mol. The largest absolute Gasteiger partial charge is 0.268 e. The van der Waals surface area contributed by atoms with Gasteiger partial charge in [0.1, 0.15) is 5.65 Å². The van der Waals surface area contributed by atoms with E-state index in [1.54, 1.807) is 4.40 Å². The molecule has 0 aliphatic heterocycles. The minimum Gasteiger partial charge on any atom is -0.268 e. The van der Waals surface area contributed by atoms with E-state index in [0.29, 0.717) is 16.4 Å². The van der Waals surface area contributed by atoms with Crippen molar-refractivity contribution in [2.45, 2.75) is 6.92 Å². The first-order valence-electron chi connectivity index (χ1n) is 7.20. The fourth-order valence-corrected chi connectivity index (χ4v) is 3.05. The van der Waals surface area contributed by atoms with Crippen molar-refractivity contribution in [2.24, 2.45) is 0 Å². The molecule has 0 unspecified atom stereocenters. The number of pyridine rings is 1. The lowest BCUT2D eigenvalue weighted by Crippen LogP contribution is -2.31. The van der Waals surface area contributed by atoms with Crippen LogP contribution >= 0.6 is 0 Å². The predicted octanol–water partition coefficient (Wildman–Crippen LogP) is 2.21. The molecule has 3 heteroatoms. The van der Waals surface area contributed by atoms with Crippen LogP contribution in [0, 0.1) is 0 Å². The summed E-state index contributed by atoms with van der Waals surface area (Å²) in [6, 6.07) is 11.8. The molecule has 0 radical (unpaired) electrons. The average Bonchev–Trinajstić information content (AvgIpc) is 2.87. The molecule has 4 rings (SSSR count). The van der Waals surface area contributed by atoms with Gasteiger partial charge in [-0.3, -0.25) is 9.20 Å². The molecule has 0 aliphatic carbocycles. The van der Waals surface area contributed by atoms with Crippen LogP contribution in [0.15, 0.2) is 53.3 Å². The molecular weight excluding hydrogens is 272 g/mol. The van der Waals surface area contributed by atoms with Crippen LogP contribution in [0.25, 0.3) is 39.8 Å². The molecule has 0 saturated heterocycles. The van der Waals surface area contributed by atoms with Crippen molar-refractivity contribution in [3.63, 3.8) is 0 Å². The summed E-state index contributed by atoms with van der Waals surface area (Å²) in [7, 11) is 0. The molecule has 0 atom stereocenters. The van der Waals surface area contributed by atoms with Gasteiger partial charge in [-0.15, -0.1) is 0 Å². The first-order chi connectivity index (χ1) is 10.7. The van der Waals surface area contributed by atoms with Crippen molar-refractivity contribution in [2.75, 3.05) is 0 Å². The van der Waals surface area contributed by atoms with E-state index in [0.717, 1.165) is 21.5 Å². The van der Waals surface area contributed by atoms with Gasteiger partial charge in [-0.05, 0) is 24.5 Å². The third-order valence-electron chi connectivity index (χ3n) is 4.01. The van der Waals surface area contributed by atoms with Crippen molar-refractivity contribution in [1.29, 1.82) is 0 Å². The Hall–Kier alpha value is -2.94. The minimum absolute atomic E-state index is 0.0440. The van der Waals surface area contributed by atoms with Gasteiger partial charge >= 0.3 is 0 Å². The standard InChI is InChI=1S/C19H14N2O/c1-3-4-11-16-12(2)20-18-14-9-5-7-13-8-6-10-15(17(13)14)19(22)21(16)18/h3-11H,2H2,1H3/b4-3-,16-11+. The van der Waals surface area contributed by atoms with Crippen molar-refractivity contribution in [3.8, 4) is 0 Å². The topological polar surface area (TPSA) is 34.4 Å². The highest BCUT2D eigenvalue weighted by molar-refractivity contribution is 6.14. The fraction of sp³-hybridized carbons (Fsp3) is 0.0526. The molecule has 2 heterocycles. The van der Waals surface area contributed by atoms with Crippen molar-refractivity contribution < 1.29 is 0 Å². The van der Waals surface area contributed by atoms with Crippen LogP contribution in [0.4, 0.5) is 0 Å². The number of imidazole rings is 1. The van der Waals surface area contributed by atoms with E-state index >= 15 is 0 Å². The lowest BCUT2D eigenvalue weighted by molar-refractivity contribution is 1.10. The molecule has 22 heavy (non-hydrogen) atoms. The highest BCUT2D eigenvalue weighted by Crippen LogP contribution is 2.25. The Kier molecular flexibility index (Phi) is 2.63. The van der Waals surface area contributed by atoms with Gasteiger partial charge in [-0.1, -0.05) is 49.1 Å². The van der Waals surface area contributed by atoms with E-state index < -0.39 is 0 Å². The molecule has 0 aliphatic rings. The third kappa shape index (κ3) is 1.56. The molecule has 0 bridgehead atoms. The monoisotopic (exact) mass is 286 g/mol. The van der Waals surface area contributed by atoms with Gasteiger partial charge in [-0.25, -0.2) is 4.98 Å². The first-order valence-corrected chi connectivity index (χ1v) is 7.20. The summed E-state index contributed by atoms with van der Waals surface area (Å²) in [5.74, 6) is 0. The third-order valence-corrected chi connectivity index (χ3v) is 4.01. The van der Waals surface area contributed by atoms with Crippen LogP contribution in [0.3, 0.4) is 0 Å². The fourth-order valence-electron chi connectivity index (χ4n) is 3.05. The lowest BCUT2D eigenvalue weighted by Gasteiger charge is -2.06. The molecule has 4 aromatic rings. The van der Waals surface area contributed by atoms with Crippen molar-refractivity contribution in [1.82, 2.24) is 9.38 Å². The molecule has 0 saturated carbocycles. The second-order valence-electron chi connectivity index (χ2n) is 5.31. The molecule has 3 nitrogen and oxygen atoms in total. The summed E-state index contributed by atoms with van der Waals surface area (Å²) in [4.78, 5) is 17.5. The second kappa shape index (κ2) is 4.53. The number of fused-ring (bicyclic) bond motifs is 2. The lowest BCUT2D eigenvalue weighted by atomic mass is 10.0. The zero-order valence-electron chi connectivity index (χ0n) is 12.2. The van der Waals surface area contributed by atoms with Gasteiger partial charge in [0, 0.05) is 16.2 Å². The van der Waals surface area contributed by atoms with Gasteiger partial charge in [-0.2, -0.15) is 0 Å². The summed E-state index contributed by atoms with van der Waals surface area (Å²) >= 11 is 0. The maximum absolute atomic E-state index is 12.9. The number of aromatic nitrogens is 2. The zero-order chi connectivity index (χ0) is 15.3. The molecule has 0 spiro atoms. The Bertz CT molecular complexity index is 1210. The van der Waals surface area contributed by atoms with Crippen LogP contribution in [0.1, 0.15) is 6.92 Å². The Morgan fingerprint density at radius 3 is 2.59 bits per heavy atom. The molecule has 0 fully saturated rings. The molecule has 106 valence electrons. The van der Waals surface area contributed by atoms with Gasteiger partial charge in [0.05, 0.1) is 10.7 Å². The van der Waals surface area contributed by atoms with Gasteiger partial charge in [0.2, 0.25) is 0 Å². The van der Waals surface area contributed by atoms with E-state index in [9.17, 15) is 4.79 Å². The quantitative estimate of drug-likeness (QED) is 0.537. The predicted molar refractivity (Wildman–Crippen MR) is 91.7 cm³/mol. The highest BCUT2D eigenvalue weighted by Gasteiger charge is 2.13. The Morgan fingerprint density at radius 1 is 1.14 bits per heavy atom. The summed E-state index contributed by atoms with van der Waals surface area (Å²) in [6.45, 7) is 5.93. The molecular formula is C19H14N2O.